The molecule has 0 unspecified atom stereocenters. The molecule has 2 aromatic carbocycles. The predicted octanol–water partition coefficient (Wildman–Crippen LogP) is 4.61. The molecule has 0 aromatic heterocycles. The van der Waals surface area contributed by atoms with Crippen molar-refractivity contribution in [3.63, 3.8) is 0 Å². The molecule has 2 rings (SSSR count). The standard InChI is InChI=1S/C15H15BrFN/c1-2-18(14-8-5-7-13(17)10-14)11-12-6-3-4-9-15(12)16/h3-10H,2,11H2,1H3. The molecule has 0 saturated carbocycles. The molecule has 0 fully saturated rings. The Morgan fingerprint density at radius 1 is 1.11 bits per heavy atom. The first-order valence-electron chi connectivity index (χ1n) is 5.94. The molecule has 0 N–H and O–H groups in total. The first-order chi connectivity index (χ1) is 8.70. The fourth-order valence-corrected chi connectivity index (χ4v) is 2.30. The molecule has 0 spiro atoms. The first-order valence-corrected chi connectivity index (χ1v) is 6.74. The summed E-state index contributed by atoms with van der Waals surface area (Å²) in [5.74, 6) is -0.196. The summed E-state index contributed by atoms with van der Waals surface area (Å²) < 4.78 is 14.3. The van der Waals surface area contributed by atoms with Crippen LogP contribution < -0.4 is 4.90 Å². The van der Waals surface area contributed by atoms with Gasteiger partial charge < -0.3 is 4.90 Å². The van der Waals surface area contributed by atoms with E-state index in [1.165, 1.54) is 11.6 Å². The molecule has 18 heavy (non-hydrogen) atoms. The number of hydrogen-bond acceptors (Lipinski definition) is 1. The second-order valence-electron chi connectivity index (χ2n) is 4.09. The lowest BCUT2D eigenvalue weighted by Crippen LogP contribution is -2.22. The van der Waals surface area contributed by atoms with Crippen molar-refractivity contribution in [1.82, 2.24) is 0 Å². The van der Waals surface area contributed by atoms with Crippen molar-refractivity contribution in [2.75, 3.05) is 11.4 Å². The van der Waals surface area contributed by atoms with E-state index in [9.17, 15) is 4.39 Å². The largest absolute Gasteiger partial charge is 0.367 e. The summed E-state index contributed by atoms with van der Waals surface area (Å²) in [6.45, 7) is 3.67. The Hall–Kier alpha value is -1.35. The smallest absolute Gasteiger partial charge is 0.125 e. The molecule has 2 aromatic rings. The molecule has 0 aliphatic heterocycles. The lowest BCUT2D eigenvalue weighted by molar-refractivity contribution is 0.626. The van der Waals surface area contributed by atoms with Crippen molar-refractivity contribution >= 4 is 21.6 Å². The van der Waals surface area contributed by atoms with E-state index in [1.807, 2.05) is 24.3 Å². The number of anilines is 1. The van der Waals surface area contributed by atoms with Crippen molar-refractivity contribution < 1.29 is 4.39 Å². The highest BCUT2D eigenvalue weighted by Crippen LogP contribution is 2.22. The molecule has 0 saturated heterocycles. The van der Waals surface area contributed by atoms with Gasteiger partial charge in [0.05, 0.1) is 0 Å². The minimum absolute atomic E-state index is 0.196. The van der Waals surface area contributed by atoms with E-state index in [4.69, 9.17) is 0 Å². The third kappa shape index (κ3) is 3.10. The number of benzene rings is 2. The van der Waals surface area contributed by atoms with E-state index in [0.717, 1.165) is 23.2 Å². The first kappa shape index (κ1) is 13.1. The van der Waals surface area contributed by atoms with Gasteiger partial charge in [-0.1, -0.05) is 40.2 Å². The average molecular weight is 308 g/mol. The van der Waals surface area contributed by atoms with Gasteiger partial charge in [0, 0.05) is 23.2 Å². The van der Waals surface area contributed by atoms with Crippen LogP contribution >= 0.6 is 15.9 Å². The van der Waals surface area contributed by atoms with E-state index < -0.39 is 0 Å². The zero-order chi connectivity index (χ0) is 13.0. The van der Waals surface area contributed by atoms with E-state index in [2.05, 4.69) is 33.8 Å². The summed E-state index contributed by atoms with van der Waals surface area (Å²) in [6.07, 6.45) is 0. The van der Waals surface area contributed by atoms with Gasteiger partial charge in [0.25, 0.3) is 0 Å². The van der Waals surface area contributed by atoms with E-state index in [0.29, 0.717) is 0 Å². The monoisotopic (exact) mass is 307 g/mol. The van der Waals surface area contributed by atoms with E-state index >= 15 is 0 Å². The number of halogens is 2. The summed E-state index contributed by atoms with van der Waals surface area (Å²) in [5, 5.41) is 0. The van der Waals surface area contributed by atoms with E-state index in [-0.39, 0.29) is 5.82 Å². The molecule has 3 heteroatoms. The molecule has 0 amide bonds. The zero-order valence-corrected chi connectivity index (χ0v) is 11.8. The minimum atomic E-state index is -0.196. The molecular formula is C15H15BrFN. The van der Waals surface area contributed by atoms with Crippen LogP contribution in [-0.2, 0) is 6.54 Å². The Morgan fingerprint density at radius 3 is 2.56 bits per heavy atom. The highest BCUT2D eigenvalue weighted by atomic mass is 79.9. The van der Waals surface area contributed by atoms with Crippen LogP contribution in [0.5, 0.6) is 0 Å². The van der Waals surface area contributed by atoms with Crippen LogP contribution in [0.1, 0.15) is 12.5 Å². The molecule has 0 aliphatic rings. The predicted molar refractivity (Wildman–Crippen MR) is 77.3 cm³/mol. The van der Waals surface area contributed by atoms with Gasteiger partial charge in [-0.05, 0) is 36.8 Å². The van der Waals surface area contributed by atoms with E-state index in [1.54, 1.807) is 12.1 Å². The third-order valence-corrected chi connectivity index (χ3v) is 3.65. The second-order valence-corrected chi connectivity index (χ2v) is 4.94. The molecule has 0 heterocycles. The maximum absolute atomic E-state index is 13.2. The fourth-order valence-electron chi connectivity index (χ4n) is 1.89. The molecular weight excluding hydrogens is 293 g/mol. The SMILES string of the molecule is CCN(Cc1ccccc1Br)c1cccc(F)c1. The summed E-state index contributed by atoms with van der Waals surface area (Å²) >= 11 is 3.54. The molecule has 94 valence electrons. The zero-order valence-electron chi connectivity index (χ0n) is 10.2. The van der Waals surface area contributed by atoms with Gasteiger partial charge in [0.15, 0.2) is 0 Å². The van der Waals surface area contributed by atoms with Crippen molar-refractivity contribution in [1.29, 1.82) is 0 Å². The fraction of sp³-hybridized carbons (Fsp3) is 0.200. The minimum Gasteiger partial charge on any atom is -0.367 e. The van der Waals surface area contributed by atoms with Crippen LogP contribution in [-0.4, -0.2) is 6.54 Å². The lowest BCUT2D eigenvalue weighted by atomic mass is 10.2. The maximum Gasteiger partial charge on any atom is 0.125 e. The van der Waals surface area contributed by atoms with Crippen LogP contribution in [0, 0.1) is 5.82 Å². The second kappa shape index (κ2) is 6.01. The summed E-state index contributed by atoms with van der Waals surface area (Å²) in [6, 6.07) is 14.8. The van der Waals surface area contributed by atoms with Crippen molar-refractivity contribution in [3.8, 4) is 0 Å². The topological polar surface area (TPSA) is 3.24 Å². The highest BCUT2D eigenvalue weighted by Gasteiger charge is 2.08. The Labute approximate surface area is 115 Å². The molecule has 1 nitrogen and oxygen atoms in total. The molecule has 0 radical (unpaired) electrons. The molecule has 0 atom stereocenters. The van der Waals surface area contributed by atoms with Crippen molar-refractivity contribution in [2.24, 2.45) is 0 Å². The summed E-state index contributed by atoms with van der Waals surface area (Å²) in [5.41, 5.74) is 2.11. The Balaban J connectivity index is 2.23. The van der Waals surface area contributed by atoms with Gasteiger partial charge in [-0.3, -0.25) is 0 Å². The van der Waals surface area contributed by atoms with Gasteiger partial charge in [-0.25, -0.2) is 4.39 Å². The van der Waals surface area contributed by atoms with Gasteiger partial charge >= 0.3 is 0 Å². The number of hydrogen-bond donors (Lipinski definition) is 0. The quantitative estimate of drug-likeness (QED) is 0.797. The number of nitrogens with zero attached hydrogens (tertiary/aromatic N) is 1. The van der Waals surface area contributed by atoms with Gasteiger partial charge in [0.2, 0.25) is 0 Å². The Kier molecular flexibility index (Phi) is 4.37. The van der Waals surface area contributed by atoms with Gasteiger partial charge in [-0.2, -0.15) is 0 Å². The number of rotatable bonds is 4. The normalized spacial score (nSPS) is 10.4. The van der Waals surface area contributed by atoms with Crippen molar-refractivity contribution in [2.45, 2.75) is 13.5 Å². The lowest BCUT2D eigenvalue weighted by Gasteiger charge is -2.23. The average Bonchev–Trinajstić information content (AvgIpc) is 2.38. The summed E-state index contributed by atoms with van der Waals surface area (Å²) in [4.78, 5) is 2.14. The Bertz CT molecular complexity index is 527. The van der Waals surface area contributed by atoms with Crippen LogP contribution in [0.2, 0.25) is 0 Å². The Morgan fingerprint density at radius 2 is 1.89 bits per heavy atom. The van der Waals surface area contributed by atoms with Crippen molar-refractivity contribution in [3.05, 3.63) is 64.4 Å². The van der Waals surface area contributed by atoms with Crippen LogP contribution in [0.4, 0.5) is 10.1 Å². The van der Waals surface area contributed by atoms with Gasteiger partial charge in [-0.15, -0.1) is 0 Å². The van der Waals surface area contributed by atoms with Crippen LogP contribution in [0.25, 0.3) is 0 Å². The summed E-state index contributed by atoms with van der Waals surface area (Å²) in [7, 11) is 0. The maximum atomic E-state index is 13.2. The van der Waals surface area contributed by atoms with Crippen LogP contribution in [0.15, 0.2) is 53.0 Å². The third-order valence-electron chi connectivity index (χ3n) is 2.87. The van der Waals surface area contributed by atoms with Crippen LogP contribution in [0.3, 0.4) is 0 Å². The molecule has 0 aliphatic carbocycles. The van der Waals surface area contributed by atoms with Gasteiger partial charge in [0.1, 0.15) is 5.82 Å². The highest BCUT2D eigenvalue weighted by molar-refractivity contribution is 9.10. The molecule has 0 bridgehead atoms.